The van der Waals surface area contributed by atoms with Crippen molar-refractivity contribution < 1.29 is 9.59 Å². The minimum Gasteiger partial charge on any atom is -0.325 e. The molecular formula is C24H29ClN4O2. The Hall–Kier alpha value is -2.83. The van der Waals surface area contributed by atoms with Gasteiger partial charge in [0.25, 0.3) is 0 Å². The van der Waals surface area contributed by atoms with Crippen LogP contribution in [0.15, 0.2) is 55.1 Å². The van der Waals surface area contributed by atoms with Crippen molar-refractivity contribution in [3.63, 3.8) is 0 Å². The van der Waals surface area contributed by atoms with Gasteiger partial charge in [0, 0.05) is 25.3 Å². The maximum Gasteiger partial charge on any atom is 0.321 e. The number of amides is 3. The lowest BCUT2D eigenvalue weighted by molar-refractivity contribution is -0.115. The highest BCUT2D eigenvalue weighted by atomic mass is 35.5. The number of para-hydroxylation sites is 1. The van der Waals surface area contributed by atoms with Gasteiger partial charge in [-0.25, -0.2) is 4.79 Å². The summed E-state index contributed by atoms with van der Waals surface area (Å²) in [5, 5.41) is 9.35. The first-order valence-electron chi connectivity index (χ1n) is 10.5. The summed E-state index contributed by atoms with van der Waals surface area (Å²) in [4.78, 5) is 26.4. The molecule has 1 fully saturated rings. The Morgan fingerprint density at radius 1 is 1.13 bits per heavy atom. The second-order valence-corrected chi connectivity index (χ2v) is 8.12. The molecule has 0 aliphatic carbocycles. The maximum absolute atomic E-state index is 12.7. The Labute approximate surface area is 188 Å². The minimum absolute atomic E-state index is 0.0809. The number of aryl methyl sites for hydroxylation is 1. The quantitative estimate of drug-likeness (QED) is 0.428. The molecule has 0 radical (unpaired) electrons. The summed E-state index contributed by atoms with van der Waals surface area (Å²) >= 11 is 6.22. The number of nitrogens with one attached hydrogen (secondary N) is 3. The molecule has 0 unspecified atom stereocenters. The van der Waals surface area contributed by atoms with Gasteiger partial charge in [-0.15, -0.1) is 6.58 Å². The van der Waals surface area contributed by atoms with E-state index in [1.807, 2.05) is 36.1 Å². The molecule has 2 aromatic carbocycles. The third-order valence-corrected chi connectivity index (χ3v) is 5.79. The normalized spacial score (nSPS) is 14.2. The molecule has 0 spiro atoms. The van der Waals surface area contributed by atoms with Gasteiger partial charge in [0.2, 0.25) is 5.91 Å². The molecule has 1 saturated heterocycles. The lowest BCUT2D eigenvalue weighted by atomic mass is 9.89. The summed E-state index contributed by atoms with van der Waals surface area (Å²) in [5.74, 6) is 0.313. The van der Waals surface area contributed by atoms with E-state index in [1.54, 1.807) is 12.1 Å². The molecular weight excluding hydrogens is 412 g/mol. The third kappa shape index (κ3) is 6.32. The van der Waals surface area contributed by atoms with E-state index in [1.165, 1.54) is 5.56 Å². The van der Waals surface area contributed by atoms with E-state index in [2.05, 4.69) is 34.7 Å². The molecule has 3 N–H and O–H groups in total. The standard InChI is InChI=1S/C24H29ClN4O2/c1-3-13-26-16-22(30)27-20-9-7-18(8-10-20)19-11-14-29(15-12-19)24(31)28-23-17(2)5-4-6-21(23)25/h3-10,19,26H,1,11-16H2,2H3,(H,27,30)(H,28,31). The van der Waals surface area contributed by atoms with E-state index in [0.29, 0.717) is 36.3 Å². The Kier molecular flexibility index (Phi) is 8.09. The number of hydrogen-bond donors (Lipinski definition) is 3. The Balaban J connectivity index is 1.49. The molecule has 31 heavy (non-hydrogen) atoms. The molecule has 6 nitrogen and oxygen atoms in total. The third-order valence-electron chi connectivity index (χ3n) is 5.48. The van der Waals surface area contributed by atoms with E-state index in [9.17, 15) is 9.59 Å². The van der Waals surface area contributed by atoms with Gasteiger partial charge in [-0.2, -0.15) is 0 Å². The number of nitrogens with zero attached hydrogens (tertiary/aromatic N) is 1. The van der Waals surface area contributed by atoms with Crippen molar-refractivity contribution >= 4 is 34.9 Å². The van der Waals surface area contributed by atoms with Gasteiger partial charge in [-0.05, 0) is 55.0 Å². The van der Waals surface area contributed by atoms with Crippen molar-refractivity contribution in [3.8, 4) is 0 Å². The summed E-state index contributed by atoms with van der Waals surface area (Å²) in [6.07, 6.45) is 3.51. The zero-order valence-electron chi connectivity index (χ0n) is 17.8. The second kappa shape index (κ2) is 11.0. The molecule has 0 saturated carbocycles. The van der Waals surface area contributed by atoms with Gasteiger partial charge in [-0.1, -0.05) is 41.9 Å². The monoisotopic (exact) mass is 440 g/mol. The Morgan fingerprint density at radius 2 is 1.84 bits per heavy atom. The number of likely N-dealkylation sites (tertiary alicyclic amines) is 1. The van der Waals surface area contributed by atoms with Crippen LogP contribution >= 0.6 is 11.6 Å². The van der Waals surface area contributed by atoms with Crippen LogP contribution in [0.1, 0.15) is 29.9 Å². The smallest absolute Gasteiger partial charge is 0.321 e. The van der Waals surface area contributed by atoms with E-state index < -0.39 is 0 Å². The fourth-order valence-corrected chi connectivity index (χ4v) is 3.99. The number of carbonyl (C=O) groups is 2. The highest BCUT2D eigenvalue weighted by Gasteiger charge is 2.24. The molecule has 0 atom stereocenters. The van der Waals surface area contributed by atoms with E-state index in [0.717, 1.165) is 24.1 Å². The first-order valence-corrected chi connectivity index (χ1v) is 10.9. The van der Waals surface area contributed by atoms with Crippen LogP contribution in [-0.2, 0) is 4.79 Å². The van der Waals surface area contributed by atoms with Crippen LogP contribution in [0.25, 0.3) is 0 Å². The number of anilines is 2. The predicted molar refractivity (Wildman–Crippen MR) is 127 cm³/mol. The molecule has 3 rings (SSSR count). The maximum atomic E-state index is 12.7. The first kappa shape index (κ1) is 22.8. The van der Waals surface area contributed by atoms with Crippen LogP contribution in [0.5, 0.6) is 0 Å². The molecule has 1 aliphatic heterocycles. The van der Waals surface area contributed by atoms with Crippen LogP contribution in [0.2, 0.25) is 5.02 Å². The zero-order chi connectivity index (χ0) is 22.2. The SMILES string of the molecule is C=CCNCC(=O)Nc1ccc(C2CCN(C(=O)Nc3c(C)cccc3Cl)CC2)cc1. The van der Waals surface area contributed by atoms with Crippen molar-refractivity contribution in [1.29, 1.82) is 0 Å². The lowest BCUT2D eigenvalue weighted by Crippen LogP contribution is -2.40. The number of halogens is 1. The Morgan fingerprint density at radius 3 is 2.48 bits per heavy atom. The molecule has 0 aromatic heterocycles. The number of piperidine rings is 1. The molecule has 1 aliphatic rings. The lowest BCUT2D eigenvalue weighted by Gasteiger charge is -2.32. The summed E-state index contributed by atoms with van der Waals surface area (Å²) in [5.41, 5.74) is 3.62. The van der Waals surface area contributed by atoms with Crippen molar-refractivity contribution in [1.82, 2.24) is 10.2 Å². The summed E-state index contributed by atoms with van der Waals surface area (Å²) in [6.45, 7) is 7.77. The molecule has 2 aromatic rings. The topological polar surface area (TPSA) is 73.5 Å². The highest BCUT2D eigenvalue weighted by molar-refractivity contribution is 6.33. The largest absolute Gasteiger partial charge is 0.325 e. The van der Waals surface area contributed by atoms with Gasteiger partial charge in [0.1, 0.15) is 0 Å². The summed E-state index contributed by atoms with van der Waals surface area (Å²) in [7, 11) is 0. The molecule has 0 bridgehead atoms. The minimum atomic E-state index is -0.113. The van der Waals surface area contributed by atoms with Crippen LogP contribution in [0.4, 0.5) is 16.2 Å². The van der Waals surface area contributed by atoms with Gasteiger partial charge in [-0.3, -0.25) is 4.79 Å². The van der Waals surface area contributed by atoms with Crippen LogP contribution in [0.3, 0.4) is 0 Å². The average molecular weight is 441 g/mol. The summed E-state index contributed by atoms with van der Waals surface area (Å²) in [6, 6.07) is 13.4. The average Bonchev–Trinajstić information content (AvgIpc) is 2.77. The predicted octanol–water partition coefficient (Wildman–Crippen LogP) is 4.77. The number of urea groups is 1. The number of carbonyl (C=O) groups excluding carboxylic acids is 2. The van der Waals surface area contributed by atoms with Crippen molar-refractivity contribution in [3.05, 3.63) is 71.3 Å². The highest BCUT2D eigenvalue weighted by Crippen LogP contribution is 2.30. The zero-order valence-corrected chi connectivity index (χ0v) is 18.5. The number of benzene rings is 2. The fourth-order valence-electron chi connectivity index (χ4n) is 3.72. The van der Waals surface area contributed by atoms with Crippen molar-refractivity contribution in [2.75, 3.05) is 36.8 Å². The molecule has 7 heteroatoms. The van der Waals surface area contributed by atoms with Gasteiger partial charge in [0.05, 0.1) is 17.3 Å². The molecule has 164 valence electrons. The van der Waals surface area contributed by atoms with Crippen LogP contribution in [0, 0.1) is 6.92 Å². The Bertz CT molecular complexity index is 901. The van der Waals surface area contributed by atoms with Crippen molar-refractivity contribution in [2.45, 2.75) is 25.7 Å². The van der Waals surface area contributed by atoms with Gasteiger partial charge >= 0.3 is 6.03 Å². The van der Waals surface area contributed by atoms with Crippen LogP contribution < -0.4 is 16.0 Å². The van der Waals surface area contributed by atoms with Gasteiger partial charge < -0.3 is 20.9 Å². The van der Waals surface area contributed by atoms with Gasteiger partial charge in [0.15, 0.2) is 0 Å². The fraction of sp³-hybridized carbons (Fsp3) is 0.333. The summed E-state index contributed by atoms with van der Waals surface area (Å²) < 4.78 is 0. The molecule has 3 amide bonds. The first-order chi connectivity index (χ1) is 15.0. The van der Waals surface area contributed by atoms with Crippen molar-refractivity contribution in [2.24, 2.45) is 0 Å². The van der Waals surface area contributed by atoms with E-state index >= 15 is 0 Å². The van der Waals surface area contributed by atoms with E-state index in [-0.39, 0.29) is 18.5 Å². The van der Waals surface area contributed by atoms with Crippen LogP contribution in [-0.4, -0.2) is 43.0 Å². The number of hydrogen-bond acceptors (Lipinski definition) is 3. The molecule has 1 heterocycles. The second-order valence-electron chi connectivity index (χ2n) is 7.71. The number of rotatable bonds is 7. The van der Waals surface area contributed by atoms with E-state index in [4.69, 9.17) is 11.6 Å².